The lowest BCUT2D eigenvalue weighted by Gasteiger charge is -2.07. The van der Waals surface area contributed by atoms with Crippen LogP contribution in [-0.4, -0.2) is 17.6 Å². The van der Waals surface area contributed by atoms with Crippen molar-refractivity contribution in [3.05, 3.63) is 62.9 Å². The highest BCUT2D eigenvalue weighted by atomic mass is 32.1. The number of carbonyl (C=O) groups is 1. The molecule has 0 fully saturated rings. The zero-order chi connectivity index (χ0) is 17.3. The van der Waals surface area contributed by atoms with Gasteiger partial charge in [0, 0.05) is 29.4 Å². The summed E-state index contributed by atoms with van der Waals surface area (Å²) in [6, 6.07) is 9.39. The van der Waals surface area contributed by atoms with E-state index in [0.29, 0.717) is 17.5 Å². The summed E-state index contributed by atoms with van der Waals surface area (Å²) < 4.78 is 7.51. The van der Waals surface area contributed by atoms with Gasteiger partial charge in [0.2, 0.25) is 0 Å². The number of pyridine rings is 1. The third-order valence-electron chi connectivity index (χ3n) is 3.91. The van der Waals surface area contributed by atoms with Gasteiger partial charge in [-0.1, -0.05) is 12.1 Å². The highest BCUT2D eigenvalue weighted by molar-refractivity contribution is 7.19. The van der Waals surface area contributed by atoms with Gasteiger partial charge in [0.1, 0.15) is 5.75 Å². The molecule has 1 aromatic carbocycles. The van der Waals surface area contributed by atoms with E-state index in [1.165, 1.54) is 15.9 Å². The summed E-state index contributed by atoms with van der Waals surface area (Å²) in [4.78, 5) is 25.9. The van der Waals surface area contributed by atoms with Crippen molar-refractivity contribution in [3.8, 4) is 5.75 Å². The number of aryl methyl sites for hydroxylation is 2. The largest absolute Gasteiger partial charge is 0.497 e. The molecular weight excluding hydrogens is 324 g/mol. The van der Waals surface area contributed by atoms with Crippen LogP contribution in [0.3, 0.4) is 0 Å². The van der Waals surface area contributed by atoms with Gasteiger partial charge in [0.05, 0.1) is 18.1 Å². The Morgan fingerprint density at radius 3 is 2.88 bits per heavy atom. The van der Waals surface area contributed by atoms with Crippen LogP contribution in [0, 0.1) is 6.92 Å². The molecule has 0 aliphatic carbocycles. The molecule has 0 aliphatic rings. The van der Waals surface area contributed by atoms with Crippen molar-refractivity contribution in [3.63, 3.8) is 0 Å². The minimum absolute atomic E-state index is 0.150. The molecule has 6 heteroatoms. The molecule has 0 radical (unpaired) electrons. The zero-order valence-electron chi connectivity index (χ0n) is 13.8. The van der Waals surface area contributed by atoms with E-state index in [2.05, 4.69) is 5.32 Å². The Morgan fingerprint density at radius 2 is 2.12 bits per heavy atom. The number of benzene rings is 1. The standard InChI is InChI=1S/C18H18N2O3S/c1-11-15(16-14(24-11)7-8-20(2)18(16)22)17(21)19-10-12-5-4-6-13(9-12)23-3/h4-9H,10H2,1-3H3,(H,19,21). The number of thiophene rings is 1. The smallest absolute Gasteiger partial charge is 0.259 e. The second-order valence-electron chi connectivity index (χ2n) is 5.54. The molecule has 5 nitrogen and oxygen atoms in total. The van der Waals surface area contributed by atoms with E-state index in [4.69, 9.17) is 4.74 Å². The van der Waals surface area contributed by atoms with Gasteiger partial charge >= 0.3 is 0 Å². The van der Waals surface area contributed by atoms with Crippen LogP contribution in [0.5, 0.6) is 5.75 Å². The fourth-order valence-corrected chi connectivity index (χ4v) is 3.69. The maximum atomic E-state index is 12.6. The van der Waals surface area contributed by atoms with E-state index in [1.807, 2.05) is 37.3 Å². The molecular formula is C18H18N2O3S. The summed E-state index contributed by atoms with van der Waals surface area (Å²) in [5, 5.41) is 3.39. The summed E-state index contributed by atoms with van der Waals surface area (Å²) in [6.45, 7) is 2.24. The number of rotatable bonds is 4. The molecule has 3 rings (SSSR count). The number of methoxy groups -OCH3 is 1. The second kappa shape index (κ2) is 6.49. The van der Waals surface area contributed by atoms with Gasteiger partial charge in [-0.3, -0.25) is 9.59 Å². The molecule has 0 saturated carbocycles. The average Bonchev–Trinajstić information content (AvgIpc) is 2.93. The van der Waals surface area contributed by atoms with Crippen LogP contribution >= 0.6 is 11.3 Å². The van der Waals surface area contributed by atoms with Crippen LogP contribution in [0.1, 0.15) is 20.8 Å². The molecule has 24 heavy (non-hydrogen) atoms. The van der Waals surface area contributed by atoms with Crippen molar-refractivity contribution in [1.82, 2.24) is 9.88 Å². The molecule has 3 aromatic rings. The topological polar surface area (TPSA) is 60.3 Å². The minimum atomic E-state index is -0.232. The van der Waals surface area contributed by atoms with Crippen LogP contribution in [-0.2, 0) is 13.6 Å². The third kappa shape index (κ3) is 2.92. The molecule has 124 valence electrons. The van der Waals surface area contributed by atoms with E-state index in [-0.39, 0.29) is 11.5 Å². The molecule has 0 spiro atoms. The van der Waals surface area contributed by atoms with Crippen molar-refractivity contribution in [2.75, 3.05) is 7.11 Å². The van der Waals surface area contributed by atoms with Crippen molar-refractivity contribution < 1.29 is 9.53 Å². The number of ether oxygens (including phenoxy) is 1. The maximum absolute atomic E-state index is 12.6. The number of aromatic nitrogens is 1. The van der Waals surface area contributed by atoms with E-state index in [1.54, 1.807) is 20.4 Å². The fourth-order valence-electron chi connectivity index (χ4n) is 2.65. The normalized spacial score (nSPS) is 10.8. The Balaban J connectivity index is 1.90. The predicted molar refractivity (Wildman–Crippen MR) is 96.0 cm³/mol. The lowest BCUT2D eigenvalue weighted by molar-refractivity contribution is 0.0952. The minimum Gasteiger partial charge on any atom is -0.497 e. The van der Waals surface area contributed by atoms with Gasteiger partial charge in [0.15, 0.2) is 0 Å². The molecule has 0 bridgehead atoms. The number of carbonyl (C=O) groups excluding carboxylic acids is 1. The zero-order valence-corrected chi connectivity index (χ0v) is 14.6. The van der Waals surface area contributed by atoms with Crippen molar-refractivity contribution in [1.29, 1.82) is 0 Å². The summed E-state index contributed by atoms with van der Waals surface area (Å²) in [5.74, 6) is 0.512. The third-order valence-corrected chi connectivity index (χ3v) is 4.98. The number of nitrogens with one attached hydrogen (secondary N) is 1. The van der Waals surface area contributed by atoms with Crippen LogP contribution in [0.2, 0.25) is 0 Å². The fraction of sp³-hybridized carbons (Fsp3) is 0.222. The monoisotopic (exact) mass is 342 g/mol. The van der Waals surface area contributed by atoms with E-state index >= 15 is 0 Å². The van der Waals surface area contributed by atoms with Crippen LogP contribution in [0.15, 0.2) is 41.3 Å². The van der Waals surface area contributed by atoms with E-state index in [0.717, 1.165) is 20.9 Å². The Bertz CT molecular complexity index is 972. The number of amides is 1. The molecule has 0 unspecified atom stereocenters. The van der Waals surface area contributed by atoms with Crippen LogP contribution in [0.4, 0.5) is 0 Å². The highest BCUT2D eigenvalue weighted by Gasteiger charge is 2.19. The Kier molecular flexibility index (Phi) is 4.40. The predicted octanol–water partition coefficient (Wildman–Crippen LogP) is 2.85. The Morgan fingerprint density at radius 1 is 1.33 bits per heavy atom. The molecule has 1 amide bonds. The van der Waals surface area contributed by atoms with E-state index < -0.39 is 0 Å². The molecule has 1 N–H and O–H groups in total. The molecule has 2 heterocycles. The second-order valence-corrected chi connectivity index (χ2v) is 6.79. The number of fused-ring (bicyclic) bond motifs is 1. The van der Waals surface area contributed by atoms with Gasteiger partial charge < -0.3 is 14.6 Å². The number of hydrogen-bond acceptors (Lipinski definition) is 4. The Hall–Kier alpha value is -2.60. The summed E-state index contributed by atoms with van der Waals surface area (Å²) in [5.41, 5.74) is 1.26. The summed E-state index contributed by atoms with van der Waals surface area (Å²) in [7, 11) is 3.29. The maximum Gasteiger partial charge on any atom is 0.259 e. The molecule has 0 saturated heterocycles. The average molecular weight is 342 g/mol. The first-order valence-electron chi connectivity index (χ1n) is 7.51. The van der Waals surface area contributed by atoms with Gasteiger partial charge in [-0.25, -0.2) is 0 Å². The first-order valence-corrected chi connectivity index (χ1v) is 8.32. The van der Waals surface area contributed by atoms with Gasteiger partial charge in [0.25, 0.3) is 11.5 Å². The number of nitrogens with zero attached hydrogens (tertiary/aromatic N) is 1. The first kappa shape index (κ1) is 16.3. The van der Waals surface area contributed by atoms with Gasteiger partial charge in [-0.2, -0.15) is 0 Å². The van der Waals surface area contributed by atoms with Gasteiger partial charge in [-0.05, 0) is 30.7 Å². The first-order chi connectivity index (χ1) is 11.5. The van der Waals surface area contributed by atoms with Crippen molar-refractivity contribution >= 4 is 27.3 Å². The lowest BCUT2D eigenvalue weighted by Crippen LogP contribution is -2.25. The van der Waals surface area contributed by atoms with E-state index in [9.17, 15) is 9.59 Å². The lowest BCUT2D eigenvalue weighted by atomic mass is 10.1. The molecule has 2 aromatic heterocycles. The summed E-state index contributed by atoms with van der Waals surface area (Å²) in [6.07, 6.45) is 1.72. The van der Waals surface area contributed by atoms with Crippen LogP contribution in [0.25, 0.3) is 10.1 Å². The molecule has 0 aliphatic heterocycles. The van der Waals surface area contributed by atoms with Crippen molar-refractivity contribution in [2.24, 2.45) is 7.05 Å². The Labute approximate surface area is 143 Å². The SMILES string of the molecule is COc1cccc(CNC(=O)c2c(C)sc3ccn(C)c(=O)c23)c1. The van der Waals surface area contributed by atoms with Crippen LogP contribution < -0.4 is 15.6 Å². The van der Waals surface area contributed by atoms with Gasteiger partial charge in [-0.15, -0.1) is 11.3 Å². The van der Waals surface area contributed by atoms with Crippen molar-refractivity contribution in [2.45, 2.75) is 13.5 Å². The highest BCUT2D eigenvalue weighted by Crippen LogP contribution is 2.28. The quantitative estimate of drug-likeness (QED) is 0.793. The molecule has 0 atom stereocenters. The number of hydrogen-bond donors (Lipinski definition) is 1. The summed E-state index contributed by atoms with van der Waals surface area (Å²) >= 11 is 1.46.